The van der Waals surface area contributed by atoms with Gasteiger partial charge in [-0.2, -0.15) is 9.90 Å². The van der Waals surface area contributed by atoms with Crippen molar-refractivity contribution in [3.05, 3.63) is 0 Å². The monoisotopic (exact) mass is 117 g/mol. The molecule has 0 bridgehead atoms. The Balaban J connectivity index is 3.55. The highest BCUT2D eigenvalue weighted by Gasteiger charge is 2.15. The summed E-state index contributed by atoms with van der Waals surface area (Å²) in [6, 6.07) is 0. The molecule has 0 heterocycles. The summed E-state index contributed by atoms with van der Waals surface area (Å²) in [5, 5.41) is 9.68. The zero-order valence-electron chi connectivity index (χ0n) is 5.22. The number of hydrogen-bond donors (Lipinski definition) is 0. The van der Waals surface area contributed by atoms with Crippen LogP contribution in [0.4, 0.5) is 4.79 Å². The Hall–Kier alpha value is -0.730. The minimum Gasteiger partial charge on any atom is -0.426 e. The predicted octanol–water partition coefficient (Wildman–Crippen LogP) is 1.35. The number of ether oxygens (including phenoxy) is 1. The lowest BCUT2D eigenvalue weighted by Gasteiger charge is -2.14. The summed E-state index contributed by atoms with van der Waals surface area (Å²) in [6.45, 7) is 4.92. The SMILES string of the molecule is CC(C)(C)OC([O])=O. The van der Waals surface area contributed by atoms with Gasteiger partial charge < -0.3 is 4.74 Å². The summed E-state index contributed by atoms with van der Waals surface area (Å²) >= 11 is 0. The van der Waals surface area contributed by atoms with Crippen molar-refractivity contribution in [3.8, 4) is 0 Å². The van der Waals surface area contributed by atoms with Gasteiger partial charge in [-0.25, -0.2) is 0 Å². The maximum absolute atomic E-state index is 9.68. The fraction of sp³-hybridized carbons (Fsp3) is 0.800. The maximum Gasteiger partial charge on any atom is 0.550 e. The molecule has 0 aromatic heterocycles. The molecule has 0 saturated carbocycles. The van der Waals surface area contributed by atoms with Crippen LogP contribution in [0.25, 0.3) is 0 Å². The van der Waals surface area contributed by atoms with E-state index in [-0.39, 0.29) is 0 Å². The molecule has 0 N–H and O–H groups in total. The molecule has 0 atom stereocenters. The highest BCUT2D eigenvalue weighted by Crippen LogP contribution is 2.05. The van der Waals surface area contributed by atoms with E-state index in [9.17, 15) is 9.90 Å². The van der Waals surface area contributed by atoms with E-state index in [0.29, 0.717) is 0 Å². The average molecular weight is 117 g/mol. The molecule has 0 aliphatic carbocycles. The number of rotatable bonds is 0. The highest BCUT2D eigenvalue weighted by atomic mass is 16.7. The van der Waals surface area contributed by atoms with Crippen LogP contribution in [0, 0.1) is 0 Å². The van der Waals surface area contributed by atoms with Gasteiger partial charge in [0, 0.05) is 0 Å². The van der Waals surface area contributed by atoms with Crippen LogP contribution in [0.3, 0.4) is 0 Å². The summed E-state index contributed by atoms with van der Waals surface area (Å²) in [6.07, 6.45) is -1.47. The molecule has 3 heteroatoms. The van der Waals surface area contributed by atoms with Crippen LogP contribution >= 0.6 is 0 Å². The first-order valence-electron chi connectivity index (χ1n) is 2.32. The van der Waals surface area contributed by atoms with Gasteiger partial charge >= 0.3 is 6.16 Å². The van der Waals surface area contributed by atoms with Gasteiger partial charge in [-0.3, -0.25) is 0 Å². The average Bonchev–Trinajstić information content (AvgIpc) is 1.21. The Morgan fingerprint density at radius 1 is 1.38 bits per heavy atom. The molecule has 0 fully saturated rings. The molecular weight excluding hydrogens is 108 g/mol. The van der Waals surface area contributed by atoms with E-state index in [1.54, 1.807) is 20.8 Å². The van der Waals surface area contributed by atoms with E-state index in [4.69, 9.17) is 0 Å². The molecule has 1 radical (unpaired) electrons. The fourth-order valence-electron chi connectivity index (χ4n) is 0.250. The van der Waals surface area contributed by atoms with Crippen molar-refractivity contribution in [1.29, 1.82) is 0 Å². The third kappa shape index (κ3) is 5.27. The molecular formula is C5H9O3. The lowest BCUT2D eigenvalue weighted by molar-refractivity contribution is -0.00103. The number of hydrogen-bond acceptors (Lipinski definition) is 2. The normalized spacial score (nSPS) is 10.9. The molecule has 0 rings (SSSR count). The summed E-state index contributed by atoms with van der Waals surface area (Å²) in [5.41, 5.74) is -0.640. The first-order valence-corrected chi connectivity index (χ1v) is 2.32. The highest BCUT2D eigenvalue weighted by molar-refractivity contribution is 5.56. The van der Waals surface area contributed by atoms with E-state index in [2.05, 4.69) is 4.74 Å². The van der Waals surface area contributed by atoms with E-state index in [0.717, 1.165) is 0 Å². The lowest BCUT2D eigenvalue weighted by atomic mass is 10.2. The van der Waals surface area contributed by atoms with E-state index >= 15 is 0 Å². The predicted molar refractivity (Wildman–Crippen MR) is 26.9 cm³/mol. The van der Waals surface area contributed by atoms with Gasteiger partial charge in [-0.1, -0.05) is 0 Å². The van der Waals surface area contributed by atoms with E-state index < -0.39 is 11.8 Å². The van der Waals surface area contributed by atoms with Gasteiger partial charge in [0.15, 0.2) is 0 Å². The minimum atomic E-state index is -1.47. The number of carbonyl (C=O) groups is 1. The Morgan fingerprint density at radius 3 is 1.75 bits per heavy atom. The van der Waals surface area contributed by atoms with Crippen LogP contribution in [-0.2, 0) is 9.84 Å². The van der Waals surface area contributed by atoms with Crippen LogP contribution in [0.5, 0.6) is 0 Å². The standard InChI is InChI=1S/C5H9O3/c1-5(2,3)8-4(6)7/h1-3H3. The molecule has 0 aliphatic rings. The van der Waals surface area contributed by atoms with Crippen LogP contribution in [0.2, 0.25) is 0 Å². The molecule has 8 heavy (non-hydrogen) atoms. The topological polar surface area (TPSA) is 46.2 Å². The molecule has 0 amide bonds. The quantitative estimate of drug-likeness (QED) is 0.449. The maximum atomic E-state index is 9.68. The summed E-state index contributed by atoms with van der Waals surface area (Å²) in [4.78, 5) is 9.68. The zero-order valence-corrected chi connectivity index (χ0v) is 5.22. The van der Waals surface area contributed by atoms with Crippen molar-refractivity contribution in [2.75, 3.05) is 0 Å². The second-order valence-electron chi connectivity index (χ2n) is 2.46. The van der Waals surface area contributed by atoms with E-state index in [1.807, 2.05) is 0 Å². The Labute approximate surface area is 48.3 Å². The van der Waals surface area contributed by atoms with Crippen LogP contribution in [0.15, 0.2) is 0 Å². The Bertz CT molecular complexity index is 90.3. The molecule has 3 nitrogen and oxygen atoms in total. The third-order valence-corrected chi connectivity index (χ3v) is 0.390. The second-order valence-corrected chi connectivity index (χ2v) is 2.46. The first kappa shape index (κ1) is 7.27. The van der Waals surface area contributed by atoms with Crippen molar-refractivity contribution in [3.63, 3.8) is 0 Å². The van der Waals surface area contributed by atoms with Gasteiger partial charge in [0.05, 0.1) is 0 Å². The fourth-order valence-corrected chi connectivity index (χ4v) is 0.250. The van der Waals surface area contributed by atoms with Gasteiger partial charge in [0.25, 0.3) is 0 Å². The van der Waals surface area contributed by atoms with Crippen molar-refractivity contribution < 1.29 is 14.6 Å². The van der Waals surface area contributed by atoms with Crippen molar-refractivity contribution in [1.82, 2.24) is 0 Å². The van der Waals surface area contributed by atoms with Gasteiger partial charge in [-0.15, -0.1) is 0 Å². The smallest absolute Gasteiger partial charge is 0.426 e. The van der Waals surface area contributed by atoms with Gasteiger partial charge in [-0.05, 0) is 20.8 Å². The second kappa shape index (κ2) is 2.03. The third-order valence-electron chi connectivity index (χ3n) is 0.390. The first-order chi connectivity index (χ1) is 3.42. The Morgan fingerprint density at radius 2 is 1.75 bits per heavy atom. The van der Waals surface area contributed by atoms with Crippen LogP contribution in [-0.4, -0.2) is 11.8 Å². The summed E-state index contributed by atoms with van der Waals surface area (Å²) in [5.74, 6) is 0. The largest absolute Gasteiger partial charge is 0.550 e. The number of carbonyl (C=O) groups excluding carboxylic acids is 1. The molecule has 0 unspecified atom stereocenters. The molecule has 0 saturated heterocycles. The zero-order chi connectivity index (χ0) is 6.78. The van der Waals surface area contributed by atoms with Crippen molar-refractivity contribution in [2.45, 2.75) is 26.4 Å². The molecule has 0 aliphatic heterocycles. The van der Waals surface area contributed by atoms with E-state index in [1.165, 1.54) is 0 Å². The van der Waals surface area contributed by atoms with Gasteiger partial charge in [0.2, 0.25) is 0 Å². The van der Waals surface area contributed by atoms with Crippen LogP contribution in [0.1, 0.15) is 20.8 Å². The Kier molecular flexibility index (Phi) is 1.84. The lowest BCUT2D eigenvalue weighted by Crippen LogP contribution is -2.21. The summed E-state index contributed by atoms with van der Waals surface area (Å²) < 4.78 is 4.24. The van der Waals surface area contributed by atoms with Crippen LogP contribution < -0.4 is 0 Å². The van der Waals surface area contributed by atoms with Crippen molar-refractivity contribution in [2.24, 2.45) is 0 Å². The molecule has 0 aromatic rings. The van der Waals surface area contributed by atoms with Gasteiger partial charge in [0.1, 0.15) is 5.60 Å². The minimum absolute atomic E-state index is 0.640. The van der Waals surface area contributed by atoms with Crippen molar-refractivity contribution >= 4 is 6.16 Å². The molecule has 0 aromatic carbocycles. The summed E-state index contributed by atoms with van der Waals surface area (Å²) in [7, 11) is 0. The molecule has 0 spiro atoms. The molecule has 47 valence electrons.